The van der Waals surface area contributed by atoms with Crippen LogP contribution in [0.15, 0.2) is 0 Å². The van der Waals surface area contributed by atoms with Gasteiger partial charge >= 0.3 is 0 Å². The fraction of sp³-hybridized carbons (Fsp3) is 0.867. The number of hydrogen-bond donors (Lipinski definition) is 2. The Kier molecular flexibility index (Phi) is 5.40. The van der Waals surface area contributed by atoms with E-state index in [0.717, 1.165) is 18.8 Å². The number of carbonyl (C=O) groups is 2. The molecule has 0 radical (unpaired) electrons. The van der Waals surface area contributed by atoms with Crippen molar-refractivity contribution in [1.29, 1.82) is 0 Å². The maximum absolute atomic E-state index is 12.4. The van der Waals surface area contributed by atoms with E-state index in [2.05, 4.69) is 10.6 Å². The van der Waals surface area contributed by atoms with Crippen LogP contribution >= 0.6 is 0 Å². The number of nitrogens with zero attached hydrogens (tertiary/aromatic N) is 1. The molecule has 1 saturated carbocycles. The first-order valence-electron chi connectivity index (χ1n) is 7.83. The summed E-state index contributed by atoms with van der Waals surface area (Å²) in [5, 5.41) is 6.13. The molecular weight excluding hydrogens is 254 g/mol. The molecule has 2 amide bonds. The normalized spacial score (nSPS) is 29.4. The lowest BCUT2D eigenvalue weighted by atomic mass is 9.77. The molecule has 2 aliphatic rings. The predicted octanol–water partition coefficient (Wildman–Crippen LogP) is 0.892. The van der Waals surface area contributed by atoms with Gasteiger partial charge in [0.05, 0.1) is 6.04 Å². The Bertz CT molecular complexity index is 359. The third-order valence-corrected chi connectivity index (χ3v) is 4.78. The van der Waals surface area contributed by atoms with Crippen molar-refractivity contribution in [3.63, 3.8) is 0 Å². The average molecular weight is 281 g/mol. The average Bonchev–Trinajstić information content (AvgIpc) is 2.50. The highest BCUT2D eigenvalue weighted by atomic mass is 16.2. The quantitative estimate of drug-likeness (QED) is 0.804. The van der Waals surface area contributed by atoms with Crippen LogP contribution in [0.2, 0.25) is 0 Å². The highest BCUT2D eigenvalue weighted by Gasteiger charge is 2.35. The van der Waals surface area contributed by atoms with E-state index in [1.807, 2.05) is 0 Å². The summed E-state index contributed by atoms with van der Waals surface area (Å²) in [6, 6.07) is 0.475. The summed E-state index contributed by atoms with van der Waals surface area (Å²) >= 11 is 0. The van der Waals surface area contributed by atoms with Gasteiger partial charge < -0.3 is 15.5 Å². The number of rotatable bonds is 4. The minimum Gasteiger partial charge on any atom is -0.359 e. The van der Waals surface area contributed by atoms with Crippen LogP contribution in [-0.4, -0.2) is 49.4 Å². The SMILES string of the molecule is CNC(=O)CCN(C)C(=O)C1CCC2CCCCC2N1. The first kappa shape index (κ1) is 15.3. The lowest BCUT2D eigenvalue weighted by molar-refractivity contribution is -0.134. The van der Waals surface area contributed by atoms with Crippen LogP contribution < -0.4 is 10.6 Å². The van der Waals surface area contributed by atoms with Gasteiger partial charge in [-0.25, -0.2) is 0 Å². The van der Waals surface area contributed by atoms with Gasteiger partial charge in [-0.3, -0.25) is 9.59 Å². The summed E-state index contributed by atoms with van der Waals surface area (Å²) < 4.78 is 0. The van der Waals surface area contributed by atoms with Crippen LogP contribution in [0.5, 0.6) is 0 Å². The van der Waals surface area contributed by atoms with Gasteiger partial charge in [0, 0.05) is 33.1 Å². The van der Waals surface area contributed by atoms with Gasteiger partial charge in [0.2, 0.25) is 11.8 Å². The van der Waals surface area contributed by atoms with Crippen LogP contribution in [0.1, 0.15) is 44.9 Å². The van der Waals surface area contributed by atoms with E-state index >= 15 is 0 Å². The minimum absolute atomic E-state index is 0.0198. The van der Waals surface area contributed by atoms with Crippen LogP contribution in [0.3, 0.4) is 0 Å². The van der Waals surface area contributed by atoms with Crippen LogP contribution in [0.25, 0.3) is 0 Å². The summed E-state index contributed by atoms with van der Waals surface area (Å²) in [4.78, 5) is 25.3. The van der Waals surface area contributed by atoms with E-state index in [-0.39, 0.29) is 17.9 Å². The van der Waals surface area contributed by atoms with Crippen molar-refractivity contribution in [3.05, 3.63) is 0 Å². The predicted molar refractivity (Wildman–Crippen MR) is 78.2 cm³/mol. The second-order valence-corrected chi connectivity index (χ2v) is 6.13. The standard InChI is InChI=1S/C15H27N3O2/c1-16-14(19)9-10-18(2)15(20)13-8-7-11-5-3-4-6-12(11)17-13/h11-13,17H,3-10H2,1-2H3,(H,16,19). The summed E-state index contributed by atoms with van der Waals surface area (Å²) in [5.41, 5.74) is 0. The van der Waals surface area contributed by atoms with E-state index in [4.69, 9.17) is 0 Å². The fourth-order valence-corrected chi connectivity index (χ4v) is 3.46. The number of likely N-dealkylation sites (N-methyl/N-ethyl adjacent to an activating group) is 1. The first-order valence-corrected chi connectivity index (χ1v) is 7.83. The summed E-state index contributed by atoms with van der Waals surface area (Å²) in [7, 11) is 3.41. The van der Waals surface area contributed by atoms with Crippen molar-refractivity contribution in [2.45, 2.75) is 57.0 Å². The molecule has 3 unspecified atom stereocenters. The lowest BCUT2D eigenvalue weighted by Crippen LogP contribution is -2.55. The smallest absolute Gasteiger partial charge is 0.239 e. The van der Waals surface area contributed by atoms with Crippen molar-refractivity contribution < 1.29 is 9.59 Å². The highest BCUT2D eigenvalue weighted by Crippen LogP contribution is 2.32. The molecule has 2 N–H and O–H groups in total. The maximum Gasteiger partial charge on any atom is 0.239 e. The van der Waals surface area contributed by atoms with Gasteiger partial charge in [-0.2, -0.15) is 0 Å². The van der Waals surface area contributed by atoms with E-state index in [0.29, 0.717) is 19.0 Å². The first-order chi connectivity index (χ1) is 9.61. The molecule has 2 fully saturated rings. The number of amides is 2. The number of piperidine rings is 1. The summed E-state index contributed by atoms with van der Waals surface area (Å²) in [6.45, 7) is 0.491. The molecule has 1 heterocycles. The Morgan fingerprint density at radius 3 is 2.70 bits per heavy atom. The van der Waals surface area contributed by atoms with Crippen molar-refractivity contribution in [2.24, 2.45) is 5.92 Å². The molecule has 0 spiro atoms. The number of carbonyl (C=O) groups excluding carboxylic acids is 2. The van der Waals surface area contributed by atoms with E-state index in [1.54, 1.807) is 19.0 Å². The van der Waals surface area contributed by atoms with Gasteiger partial charge in [-0.15, -0.1) is 0 Å². The Morgan fingerprint density at radius 1 is 1.20 bits per heavy atom. The monoisotopic (exact) mass is 281 g/mol. The molecule has 0 aromatic heterocycles. The molecule has 20 heavy (non-hydrogen) atoms. The van der Waals surface area contributed by atoms with Crippen molar-refractivity contribution in [2.75, 3.05) is 20.6 Å². The van der Waals surface area contributed by atoms with Gasteiger partial charge in [0.15, 0.2) is 0 Å². The molecule has 1 aliphatic heterocycles. The fourth-order valence-electron chi connectivity index (χ4n) is 3.46. The van der Waals surface area contributed by atoms with Gasteiger partial charge in [-0.1, -0.05) is 12.8 Å². The zero-order valence-electron chi connectivity index (χ0n) is 12.7. The Hall–Kier alpha value is -1.10. The molecular formula is C15H27N3O2. The molecule has 0 aromatic carbocycles. The topological polar surface area (TPSA) is 61.4 Å². The molecule has 114 valence electrons. The number of hydrogen-bond acceptors (Lipinski definition) is 3. The maximum atomic E-state index is 12.4. The third kappa shape index (κ3) is 3.72. The minimum atomic E-state index is -0.0518. The van der Waals surface area contributed by atoms with Gasteiger partial charge in [0.25, 0.3) is 0 Å². The second-order valence-electron chi connectivity index (χ2n) is 6.13. The zero-order chi connectivity index (χ0) is 14.5. The van der Waals surface area contributed by atoms with Crippen LogP contribution in [0.4, 0.5) is 0 Å². The van der Waals surface area contributed by atoms with Gasteiger partial charge in [-0.05, 0) is 31.6 Å². The molecule has 2 rings (SSSR count). The van der Waals surface area contributed by atoms with Crippen LogP contribution in [0, 0.1) is 5.92 Å². The Morgan fingerprint density at radius 2 is 1.95 bits per heavy atom. The number of nitrogens with one attached hydrogen (secondary N) is 2. The zero-order valence-corrected chi connectivity index (χ0v) is 12.7. The Balaban J connectivity index is 1.81. The molecule has 0 aromatic rings. The van der Waals surface area contributed by atoms with E-state index in [1.165, 1.54) is 25.7 Å². The molecule has 1 aliphatic carbocycles. The largest absolute Gasteiger partial charge is 0.359 e. The van der Waals surface area contributed by atoms with E-state index < -0.39 is 0 Å². The van der Waals surface area contributed by atoms with Crippen molar-refractivity contribution in [3.8, 4) is 0 Å². The molecule has 5 heteroatoms. The van der Waals surface area contributed by atoms with E-state index in [9.17, 15) is 9.59 Å². The molecule has 5 nitrogen and oxygen atoms in total. The Labute approximate surface area is 121 Å². The van der Waals surface area contributed by atoms with Crippen molar-refractivity contribution in [1.82, 2.24) is 15.5 Å². The lowest BCUT2D eigenvalue weighted by Gasteiger charge is -2.40. The second kappa shape index (κ2) is 7.07. The van der Waals surface area contributed by atoms with Crippen LogP contribution in [-0.2, 0) is 9.59 Å². The molecule has 1 saturated heterocycles. The van der Waals surface area contributed by atoms with Crippen molar-refractivity contribution >= 4 is 11.8 Å². The summed E-state index contributed by atoms with van der Waals surface area (Å²) in [5.74, 6) is 0.885. The summed E-state index contributed by atoms with van der Waals surface area (Å²) in [6.07, 6.45) is 7.61. The molecule has 0 bridgehead atoms. The number of fused-ring (bicyclic) bond motifs is 1. The highest BCUT2D eigenvalue weighted by molar-refractivity contribution is 5.82. The molecule has 3 atom stereocenters. The third-order valence-electron chi connectivity index (χ3n) is 4.78. The van der Waals surface area contributed by atoms with Gasteiger partial charge in [0.1, 0.15) is 0 Å².